The van der Waals surface area contributed by atoms with Crippen LogP contribution < -0.4 is 9.47 Å². The van der Waals surface area contributed by atoms with Crippen molar-refractivity contribution in [3.63, 3.8) is 0 Å². The minimum Gasteiger partial charge on any atom is -0.488 e. The first-order valence-electron chi connectivity index (χ1n) is 21.1. The predicted molar refractivity (Wildman–Crippen MR) is 246 cm³/mol. The number of rotatable bonds is 22. The van der Waals surface area contributed by atoms with Gasteiger partial charge in [0.2, 0.25) is 5.60 Å². The summed E-state index contributed by atoms with van der Waals surface area (Å²) < 4.78 is 39.8. The molecule has 1 fully saturated rings. The van der Waals surface area contributed by atoms with Crippen LogP contribution in [-0.4, -0.2) is 58.2 Å². The lowest BCUT2D eigenvalue weighted by molar-refractivity contribution is -0.154. The highest BCUT2D eigenvalue weighted by atomic mass is 127. The van der Waals surface area contributed by atoms with Crippen molar-refractivity contribution in [2.24, 2.45) is 11.8 Å². The molecular formula is C46H75IO8Si2. The molecule has 11 heteroatoms. The van der Waals surface area contributed by atoms with Gasteiger partial charge in [0.25, 0.3) is 0 Å². The van der Waals surface area contributed by atoms with Crippen LogP contribution in [0.4, 0.5) is 0 Å². The summed E-state index contributed by atoms with van der Waals surface area (Å²) in [7, 11) is -4.49. The van der Waals surface area contributed by atoms with Crippen molar-refractivity contribution in [2.75, 3.05) is 6.61 Å². The summed E-state index contributed by atoms with van der Waals surface area (Å²) in [5.74, 6) is 1.32. The van der Waals surface area contributed by atoms with E-state index in [1.807, 2.05) is 31.2 Å². The number of carbonyl (C=O) groups is 1. The van der Waals surface area contributed by atoms with Crippen LogP contribution in [0.15, 0.2) is 48.7 Å². The summed E-state index contributed by atoms with van der Waals surface area (Å²) in [4.78, 5) is 13.6. The van der Waals surface area contributed by atoms with Gasteiger partial charge in [0.05, 0.1) is 35.3 Å². The zero-order chi connectivity index (χ0) is 43.0. The Morgan fingerprint density at radius 2 is 1.61 bits per heavy atom. The normalized spacial score (nSPS) is 19.4. The van der Waals surface area contributed by atoms with Gasteiger partial charge in [0.15, 0.2) is 16.6 Å². The van der Waals surface area contributed by atoms with Gasteiger partial charge >= 0.3 is 5.97 Å². The van der Waals surface area contributed by atoms with E-state index in [2.05, 4.69) is 129 Å². The Labute approximate surface area is 361 Å². The number of carbonyl (C=O) groups excluding carboxylic acids is 1. The fourth-order valence-corrected chi connectivity index (χ4v) is 9.50. The minimum absolute atomic E-state index is 0.0456. The Morgan fingerprint density at radius 1 is 0.982 bits per heavy atom. The molecule has 2 unspecified atom stereocenters. The zero-order valence-corrected chi connectivity index (χ0v) is 42.0. The van der Waals surface area contributed by atoms with Gasteiger partial charge in [0.1, 0.15) is 24.2 Å². The molecule has 2 aromatic carbocycles. The van der Waals surface area contributed by atoms with Crippen LogP contribution in [0.2, 0.25) is 36.3 Å². The molecule has 2 aromatic rings. The number of aliphatic hydroxyl groups excluding tert-OH is 1. The van der Waals surface area contributed by atoms with Gasteiger partial charge < -0.3 is 32.9 Å². The number of hydrogen-bond donors (Lipinski definition) is 1. The summed E-state index contributed by atoms with van der Waals surface area (Å²) in [6, 6.07) is 12.4. The molecule has 1 N–H and O–H groups in total. The van der Waals surface area contributed by atoms with Crippen LogP contribution in [0.5, 0.6) is 11.5 Å². The number of ether oxygens (including phenoxy) is 4. The van der Waals surface area contributed by atoms with Gasteiger partial charge in [-0.2, -0.15) is 0 Å². The summed E-state index contributed by atoms with van der Waals surface area (Å²) in [6.45, 7) is 33.6. The molecule has 1 saturated heterocycles. The Morgan fingerprint density at radius 3 is 2.14 bits per heavy atom. The predicted octanol–water partition coefficient (Wildman–Crippen LogP) is 12.2. The molecular weight excluding hydrogens is 864 g/mol. The zero-order valence-electron chi connectivity index (χ0n) is 37.8. The monoisotopic (exact) mass is 938 g/mol. The molecule has 0 spiro atoms. The molecule has 1 aliphatic rings. The first kappa shape index (κ1) is 49.6. The summed E-state index contributed by atoms with van der Waals surface area (Å²) in [5, 5.41) is 11.9. The number of aliphatic hydroxyl groups is 1. The van der Waals surface area contributed by atoms with Gasteiger partial charge in [-0.05, 0) is 114 Å². The number of hydrogen-bond acceptors (Lipinski definition) is 8. The minimum atomic E-state index is -2.39. The van der Waals surface area contributed by atoms with Crippen LogP contribution in [0.3, 0.4) is 0 Å². The summed E-state index contributed by atoms with van der Waals surface area (Å²) >= 11 is 2.38. The fraction of sp³-hybridized carbons (Fsp3) is 0.674. The van der Waals surface area contributed by atoms with Crippen LogP contribution in [-0.2, 0) is 42.8 Å². The van der Waals surface area contributed by atoms with E-state index < -0.39 is 40.4 Å². The van der Waals surface area contributed by atoms with Crippen LogP contribution in [0, 0.1) is 15.4 Å². The van der Waals surface area contributed by atoms with Crippen molar-refractivity contribution in [3.05, 3.63) is 69.0 Å². The highest BCUT2D eigenvalue weighted by Crippen LogP contribution is 2.49. The molecule has 5 atom stereocenters. The molecule has 0 saturated carbocycles. The van der Waals surface area contributed by atoms with Crippen molar-refractivity contribution in [1.29, 1.82) is 0 Å². The second kappa shape index (κ2) is 20.7. The molecule has 0 aromatic heterocycles. The van der Waals surface area contributed by atoms with Gasteiger partial charge in [-0.25, -0.2) is 4.79 Å². The standard InChI is InChI=1S/C46H75IO8Si2/c1-16-22-34(37(48)29-40(55-57(14,15)45(9,10)11)46(39(17-2)54-46)43(49)50-18-3)25-26-51-38-28-35(27-32(4)5)42(52-30-33-23-20-19-21-24-33)36(41(38)47)31-53-56(12,13)44(6,7)8/h19-21,23-26,28,32,34,37,39-40,48H,16-18,22,27,29-31H2,1-15H3/b26-25+/t34?,37?,39-,40+,46-/m1/s1. The lowest BCUT2D eigenvalue weighted by Crippen LogP contribution is -2.53. The van der Waals surface area contributed by atoms with Crippen molar-refractivity contribution in [1.82, 2.24) is 0 Å². The molecule has 3 rings (SSSR count). The van der Waals surface area contributed by atoms with Crippen LogP contribution in [0.1, 0.15) is 119 Å². The Balaban J connectivity index is 2.02. The summed E-state index contributed by atoms with van der Waals surface area (Å²) in [6.07, 6.45) is 5.16. The largest absolute Gasteiger partial charge is 0.488 e. The molecule has 0 radical (unpaired) electrons. The van der Waals surface area contributed by atoms with Crippen molar-refractivity contribution in [3.8, 4) is 11.5 Å². The maximum absolute atomic E-state index is 13.6. The third-order valence-electron chi connectivity index (χ3n) is 12.1. The summed E-state index contributed by atoms with van der Waals surface area (Å²) in [5.41, 5.74) is 1.95. The van der Waals surface area contributed by atoms with Crippen LogP contribution >= 0.6 is 22.6 Å². The van der Waals surface area contributed by atoms with E-state index >= 15 is 0 Å². The van der Waals surface area contributed by atoms with E-state index in [0.29, 0.717) is 25.6 Å². The van der Waals surface area contributed by atoms with Gasteiger partial charge in [-0.15, -0.1) is 0 Å². The van der Waals surface area contributed by atoms with Crippen molar-refractivity contribution >= 4 is 45.2 Å². The molecule has 0 bridgehead atoms. The van der Waals surface area contributed by atoms with Gasteiger partial charge in [0, 0.05) is 17.9 Å². The highest BCUT2D eigenvalue weighted by Gasteiger charge is 2.69. The van der Waals surface area contributed by atoms with E-state index in [1.165, 1.54) is 0 Å². The third kappa shape index (κ3) is 12.9. The lowest BCUT2D eigenvalue weighted by atomic mass is 9.87. The van der Waals surface area contributed by atoms with Crippen LogP contribution in [0.25, 0.3) is 0 Å². The Kier molecular flexibility index (Phi) is 18.0. The topological polar surface area (TPSA) is 96.0 Å². The Hall–Kier alpha value is -1.75. The molecule has 0 aliphatic carbocycles. The van der Waals surface area contributed by atoms with E-state index in [9.17, 15) is 9.90 Å². The third-order valence-corrected chi connectivity index (χ3v) is 22.3. The first-order valence-corrected chi connectivity index (χ1v) is 28.0. The number of esters is 1. The second-order valence-electron chi connectivity index (χ2n) is 19.2. The van der Waals surface area contributed by atoms with Crippen molar-refractivity contribution in [2.45, 2.75) is 182 Å². The van der Waals surface area contributed by atoms with E-state index in [1.54, 1.807) is 13.2 Å². The molecule has 1 heterocycles. The smallest absolute Gasteiger partial charge is 0.343 e. The first-order chi connectivity index (χ1) is 26.4. The number of benzene rings is 2. The lowest BCUT2D eigenvalue weighted by Gasteiger charge is -2.41. The average Bonchev–Trinajstić information content (AvgIpc) is 3.86. The Bertz CT molecular complexity index is 1610. The maximum Gasteiger partial charge on any atom is 0.343 e. The van der Waals surface area contributed by atoms with E-state index in [4.69, 9.17) is 27.8 Å². The average molecular weight is 939 g/mol. The quantitative estimate of drug-likeness (QED) is 0.0410. The molecule has 57 heavy (non-hydrogen) atoms. The molecule has 0 amide bonds. The number of epoxide rings is 1. The van der Waals surface area contributed by atoms with Gasteiger partial charge in [-0.3, -0.25) is 0 Å². The van der Waals surface area contributed by atoms with Gasteiger partial charge in [-0.1, -0.05) is 106 Å². The highest BCUT2D eigenvalue weighted by molar-refractivity contribution is 14.1. The van der Waals surface area contributed by atoms with E-state index in [-0.39, 0.29) is 35.1 Å². The number of halogens is 1. The molecule has 1 aliphatic heterocycles. The maximum atomic E-state index is 13.6. The fourth-order valence-electron chi connectivity index (χ4n) is 6.54. The van der Waals surface area contributed by atoms with E-state index in [0.717, 1.165) is 51.0 Å². The molecule has 8 nitrogen and oxygen atoms in total. The SMILES string of the molecule is CCCC(/C=C/Oc1cc(CC(C)C)c(OCc2ccccc2)c(CO[Si](C)(C)C(C)(C)C)c1I)C(O)C[C@H](O[Si](C)(C)C(C)(C)C)[C@]1(C(=O)OCC)O[C@@H]1CC. The second-order valence-corrected chi connectivity index (χ2v) is 29.8. The van der Waals surface area contributed by atoms with Crippen molar-refractivity contribution < 1.29 is 37.7 Å². The molecule has 322 valence electrons.